The highest BCUT2D eigenvalue weighted by Crippen LogP contribution is 2.25. The van der Waals surface area contributed by atoms with Gasteiger partial charge in [-0.15, -0.1) is 0 Å². The molecule has 0 radical (unpaired) electrons. The molecule has 0 saturated carbocycles. The lowest BCUT2D eigenvalue weighted by atomic mass is 9.90. The third kappa shape index (κ3) is 3.13. The van der Waals surface area contributed by atoms with Gasteiger partial charge in [0, 0.05) is 18.5 Å². The number of benzene rings is 1. The van der Waals surface area contributed by atoms with Crippen molar-refractivity contribution in [2.45, 2.75) is 39.2 Å². The van der Waals surface area contributed by atoms with Gasteiger partial charge in [-0.1, -0.05) is 0 Å². The summed E-state index contributed by atoms with van der Waals surface area (Å²) in [6.07, 6.45) is 1.88. The number of Topliss-reactive ketones (excluding diaryl/α,β-unsaturated/α-hetero) is 1. The summed E-state index contributed by atoms with van der Waals surface area (Å²) in [6.45, 7) is 4.18. The zero-order valence-corrected chi connectivity index (χ0v) is 11.4. The number of rotatable bonds is 4. The van der Waals surface area contributed by atoms with Crippen molar-refractivity contribution in [2.75, 3.05) is 6.54 Å². The summed E-state index contributed by atoms with van der Waals surface area (Å²) in [5.74, 6) is 0.716. The molecule has 102 valence electrons. The summed E-state index contributed by atoms with van der Waals surface area (Å²) in [4.78, 5) is 23.3. The molecule has 2 rings (SSSR count). The number of ether oxygens (including phenoxy) is 1. The second kappa shape index (κ2) is 5.87. The van der Waals surface area contributed by atoms with E-state index in [4.69, 9.17) is 4.74 Å². The minimum atomic E-state index is -0.530. The number of hydrogen-bond donors (Lipinski definition) is 1. The lowest BCUT2D eigenvalue weighted by Gasteiger charge is -2.18. The third-order valence-corrected chi connectivity index (χ3v) is 3.26. The van der Waals surface area contributed by atoms with Gasteiger partial charge >= 0.3 is 0 Å². The second-order valence-corrected chi connectivity index (χ2v) is 4.75. The van der Waals surface area contributed by atoms with Gasteiger partial charge in [-0.2, -0.15) is 0 Å². The summed E-state index contributed by atoms with van der Waals surface area (Å²) in [5.41, 5.74) is 1.82. The van der Waals surface area contributed by atoms with Gasteiger partial charge in [0.25, 0.3) is 5.91 Å². The Bertz CT molecular complexity index is 496. The molecule has 4 nitrogen and oxygen atoms in total. The monoisotopic (exact) mass is 261 g/mol. The van der Waals surface area contributed by atoms with Crippen LogP contribution in [0.5, 0.6) is 5.75 Å². The molecule has 1 amide bonds. The highest BCUT2D eigenvalue weighted by molar-refractivity contribution is 5.98. The zero-order chi connectivity index (χ0) is 13.8. The minimum Gasteiger partial charge on any atom is -0.481 e. The standard InChI is InChI=1S/C15H19NO3/c1-3-16-15(18)10(2)19-12-7-8-13-11(9-12)5-4-6-14(13)17/h7-10H,3-6H2,1-2H3,(H,16,18). The van der Waals surface area contributed by atoms with E-state index in [1.54, 1.807) is 19.1 Å². The van der Waals surface area contributed by atoms with Gasteiger partial charge in [0.05, 0.1) is 0 Å². The lowest BCUT2D eigenvalue weighted by molar-refractivity contribution is -0.127. The molecule has 0 spiro atoms. The van der Waals surface area contributed by atoms with E-state index in [-0.39, 0.29) is 11.7 Å². The Balaban J connectivity index is 2.10. The van der Waals surface area contributed by atoms with Crippen molar-refractivity contribution in [1.29, 1.82) is 0 Å². The Labute approximate surface area is 113 Å². The Hall–Kier alpha value is -1.84. The SMILES string of the molecule is CCNC(=O)C(C)Oc1ccc2c(c1)CCCC2=O. The molecular formula is C15H19NO3. The molecule has 0 aromatic heterocycles. The van der Waals surface area contributed by atoms with Crippen molar-refractivity contribution < 1.29 is 14.3 Å². The van der Waals surface area contributed by atoms with Crippen LogP contribution in [-0.4, -0.2) is 24.3 Å². The van der Waals surface area contributed by atoms with E-state index >= 15 is 0 Å². The van der Waals surface area contributed by atoms with E-state index in [2.05, 4.69) is 5.32 Å². The average Bonchev–Trinajstić information content (AvgIpc) is 2.39. The molecule has 1 N–H and O–H groups in total. The zero-order valence-electron chi connectivity index (χ0n) is 11.4. The number of carbonyl (C=O) groups excluding carboxylic acids is 2. The van der Waals surface area contributed by atoms with Crippen molar-refractivity contribution in [3.05, 3.63) is 29.3 Å². The topological polar surface area (TPSA) is 55.4 Å². The maximum absolute atomic E-state index is 11.7. The number of hydrogen-bond acceptors (Lipinski definition) is 3. The number of nitrogens with one attached hydrogen (secondary N) is 1. The summed E-state index contributed by atoms with van der Waals surface area (Å²) in [5, 5.41) is 2.72. The van der Waals surface area contributed by atoms with Gasteiger partial charge in [0.1, 0.15) is 5.75 Å². The third-order valence-electron chi connectivity index (χ3n) is 3.26. The molecule has 1 aromatic carbocycles. The molecule has 0 saturated heterocycles. The van der Waals surface area contributed by atoms with Crippen LogP contribution in [0.25, 0.3) is 0 Å². The van der Waals surface area contributed by atoms with Crippen LogP contribution in [0.15, 0.2) is 18.2 Å². The van der Waals surface area contributed by atoms with Crippen molar-refractivity contribution in [1.82, 2.24) is 5.32 Å². The van der Waals surface area contributed by atoms with E-state index in [0.29, 0.717) is 18.7 Å². The van der Waals surface area contributed by atoms with Crippen LogP contribution < -0.4 is 10.1 Å². The smallest absolute Gasteiger partial charge is 0.260 e. The van der Waals surface area contributed by atoms with Gasteiger partial charge in [0.2, 0.25) is 0 Å². The van der Waals surface area contributed by atoms with Crippen molar-refractivity contribution in [3.8, 4) is 5.75 Å². The van der Waals surface area contributed by atoms with Crippen LogP contribution in [0, 0.1) is 0 Å². The largest absolute Gasteiger partial charge is 0.481 e. The van der Waals surface area contributed by atoms with E-state index in [1.807, 2.05) is 13.0 Å². The number of ketones is 1. The second-order valence-electron chi connectivity index (χ2n) is 4.75. The molecule has 0 aliphatic heterocycles. The van der Waals surface area contributed by atoms with Crippen molar-refractivity contribution in [2.24, 2.45) is 0 Å². The van der Waals surface area contributed by atoms with Crippen LogP contribution in [0.1, 0.15) is 42.6 Å². The summed E-state index contributed by atoms with van der Waals surface area (Å²) < 4.78 is 5.61. The van der Waals surface area contributed by atoms with Crippen LogP contribution in [0.3, 0.4) is 0 Å². The van der Waals surface area contributed by atoms with Gasteiger partial charge in [-0.25, -0.2) is 0 Å². The molecule has 1 aliphatic rings. The van der Waals surface area contributed by atoms with E-state index in [1.165, 1.54) is 0 Å². The van der Waals surface area contributed by atoms with Crippen molar-refractivity contribution in [3.63, 3.8) is 0 Å². The number of amides is 1. The first-order valence-electron chi connectivity index (χ1n) is 6.72. The highest BCUT2D eigenvalue weighted by Gasteiger charge is 2.19. The predicted octanol–water partition coefficient (Wildman–Crippen LogP) is 2.11. The van der Waals surface area contributed by atoms with Crippen LogP contribution in [-0.2, 0) is 11.2 Å². The molecule has 1 aromatic rings. The summed E-state index contributed by atoms with van der Waals surface area (Å²) in [6, 6.07) is 5.44. The molecule has 4 heteroatoms. The number of aryl methyl sites for hydroxylation is 1. The maximum atomic E-state index is 11.7. The van der Waals surface area contributed by atoms with Gasteiger partial charge in [-0.3, -0.25) is 9.59 Å². The van der Waals surface area contributed by atoms with E-state index < -0.39 is 6.10 Å². The van der Waals surface area contributed by atoms with Crippen LogP contribution in [0.4, 0.5) is 0 Å². The highest BCUT2D eigenvalue weighted by atomic mass is 16.5. The first-order chi connectivity index (χ1) is 9.11. The average molecular weight is 261 g/mol. The fraction of sp³-hybridized carbons (Fsp3) is 0.467. The van der Waals surface area contributed by atoms with Gasteiger partial charge in [-0.05, 0) is 50.5 Å². The number of fused-ring (bicyclic) bond motifs is 1. The number of likely N-dealkylation sites (N-methyl/N-ethyl adjacent to an activating group) is 1. The van der Waals surface area contributed by atoms with E-state index in [9.17, 15) is 9.59 Å². The molecule has 1 aliphatic carbocycles. The lowest BCUT2D eigenvalue weighted by Crippen LogP contribution is -2.36. The first-order valence-corrected chi connectivity index (χ1v) is 6.72. The Morgan fingerprint density at radius 1 is 1.42 bits per heavy atom. The fourth-order valence-corrected chi connectivity index (χ4v) is 2.27. The molecule has 0 bridgehead atoms. The van der Waals surface area contributed by atoms with E-state index in [0.717, 1.165) is 24.0 Å². The molecular weight excluding hydrogens is 242 g/mol. The molecule has 1 unspecified atom stereocenters. The minimum absolute atomic E-state index is 0.128. The van der Waals surface area contributed by atoms with Gasteiger partial charge < -0.3 is 10.1 Å². The molecule has 0 heterocycles. The summed E-state index contributed by atoms with van der Waals surface area (Å²) >= 11 is 0. The number of carbonyl (C=O) groups is 2. The first kappa shape index (κ1) is 13.6. The van der Waals surface area contributed by atoms with Gasteiger partial charge in [0.15, 0.2) is 11.9 Å². The fourth-order valence-electron chi connectivity index (χ4n) is 2.27. The van der Waals surface area contributed by atoms with Crippen LogP contribution in [0.2, 0.25) is 0 Å². The Morgan fingerprint density at radius 2 is 2.21 bits per heavy atom. The Kier molecular flexibility index (Phi) is 4.20. The quantitative estimate of drug-likeness (QED) is 0.903. The Morgan fingerprint density at radius 3 is 2.95 bits per heavy atom. The maximum Gasteiger partial charge on any atom is 0.260 e. The summed E-state index contributed by atoms with van der Waals surface area (Å²) in [7, 11) is 0. The molecule has 0 fully saturated rings. The molecule has 1 atom stereocenters. The van der Waals surface area contributed by atoms with Crippen molar-refractivity contribution >= 4 is 11.7 Å². The van der Waals surface area contributed by atoms with Crippen LogP contribution >= 0.6 is 0 Å². The normalized spacial score (nSPS) is 15.6. The molecule has 19 heavy (non-hydrogen) atoms. The predicted molar refractivity (Wildman–Crippen MR) is 72.5 cm³/mol.